The molecule has 4 unspecified atom stereocenters. The summed E-state index contributed by atoms with van der Waals surface area (Å²) in [5, 5.41) is 24.7. The quantitative estimate of drug-likeness (QED) is 0.0240. The van der Waals surface area contributed by atoms with Crippen molar-refractivity contribution < 1.29 is 38.0 Å². The molecule has 0 rings (SSSR count). The maximum absolute atomic E-state index is 13.0. The highest BCUT2D eigenvalue weighted by Gasteiger charge is 2.29. The standard InChI is InChI=1S/C59H109N2O7P/c1-6-8-10-12-14-16-18-20-21-22-23-24-25-26-27-28-29-30-31-32-33-34-35-36-37-38-39-40-42-44-46-48-50-52-58(63)60-56(55-68-69(65,66)67-54-53-61(3,4)5)59(64)57(62)51-49-47-45-43-41-19-17-15-13-11-9-7-2/h7,9,15,17-18,20,22-23,25-26,43,45,56-57,59,62,64H,6,8,10-14,16,19,21,24,27-42,44,46-55H2,1-5H3,(H-,60,63,65,66)/b9-7+,17-15+,20-18-,23-22-,26-25-,45-43+. The number of hydrogen-bond donors (Lipinski definition) is 3. The van der Waals surface area contributed by atoms with Crippen LogP contribution in [0.2, 0.25) is 0 Å². The van der Waals surface area contributed by atoms with Crippen LogP contribution in [0.4, 0.5) is 0 Å². The van der Waals surface area contributed by atoms with E-state index >= 15 is 0 Å². The maximum atomic E-state index is 13.0. The molecular weight excluding hydrogens is 880 g/mol. The zero-order valence-electron chi connectivity index (χ0n) is 45.4. The average Bonchev–Trinajstić information content (AvgIpc) is 3.31. The van der Waals surface area contributed by atoms with Crippen LogP contribution in [0.15, 0.2) is 72.9 Å². The Morgan fingerprint density at radius 3 is 1.41 bits per heavy atom. The van der Waals surface area contributed by atoms with E-state index in [1.165, 1.54) is 135 Å². The minimum absolute atomic E-state index is 0.0519. The molecule has 0 aromatic heterocycles. The van der Waals surface area contributed by atoms with E-state index in [0.29, 0.717) is 30.3 Å². The molecule has 0 saturated heterocycles. The summed E-state index contributed by atoms with van der Waals surface area (Å²) in [7, 11) is 1.09. The Hall–Kier alpha value is -2.10. The van der Waals surface area contributed by atoms with Crippen molar-refractivity contribution >= 4 is 13.7 Å². The summed E-state index contributed by atoms with van der Waals surface area (Å²) in [5.41, 5.74) is 0. The Kier molecular flexibility index (Phi) is 48.0. The van der Waals surface area contributed by atoms with Gasteiger partial charge in [0.2, 0.25) is 5.91 Å². The molecule has 0 bridgehead atoms. The van der Waals surface area contributed by atoms with Gasteiger partial charge in [0.15, 0.2) is 0 Å². The van der Waals surface area contributed by atoms with Crippen molar-refractivity contribution in [1.82, 2.24) is 5.32 Å². The highest BCUT2D eigenvalue weighted by Crippen LogP contribution is 2.38. The van der Waals surface area contributed by atoms with Crippen molar-refractivity contribution in [3.05, 3.63) is 72.9 Å². The fourth-order valence-corrected chi connectivity index (χ4v) is 8.79. The molecule has 10 heteroatoms. The monoisotopic (exact) mass is 989 g/mol. The first kappa shape index (κ1) is 66.9. The van der Waals surface area contributed by atoms with Crippen molar-refractivity contribution in [2.45, 2.75) is 257 Å². The van der Waals surface area contributed by atoms with E-state index in [-0.39, 0.29) is 18.9 Å². The van der Waals surface area contributed by atoms with Crippen molar-refractivity contribution in [2.75, 3.05) is 40.9 Å². The number of nitrogens with one attached hydrogen (secondary N) is 1. The van der Waals surface area contributed by atoms with E-state index in [0.717, 1.165) is 64.2 Å². The number of likely N-dealkylation sites (N-methyl/N-ethyl adjacent to an activating group) is 1. The first-order valence-corrected chi connectivity index (χ1v) is 29.8. The number of nitrogens with zero attached hydrogens (tertiary/aromatic N) is 1. The van der Waals surface area contributed by atoms with Gasteiger partial charge in [0.1, 0.15) is 19.3 Å². The molecular formula is C59H109N2O7P. The normalized spacial score (nSPS) is 15.0. The van der Waals surface area contributed by atoms with Gasteiger partial charge in [-0.3, -0.25) is 9.36 Å². The number of amides is 1. The van der Waals surface area contributed by atoms with E-state index in [1.54, 1.807) is 0 Å². The van der Waals surface area contributed by atoms with E-state index in [4.69, 9.17) is 9.05 Å². The number of aliphatic hydroxyl groups excluding tert-OH is 2. The average molecular weight is 990 g/mol. The topological polar surface area (TPSA) is 128 Å². The molecule has 0 aliphatic heterocycles. The lowest BCUT2D eigenvalue weighted by atomic mass is 10.0. The summed E-state index contributed by atoms with van der Waals surface area (Å²) in [6.07, 6.45) is 64.2. The third kappa shape index (κ3) is 50.6. The van der Waals surface area contributed by atoms with Gasteiger partial charge in [0.25, 0.3) is 7.82 Å². The summed E-state index contributed by atoms with van der Waals surface area (Å²) >= 11 is 0. The van der Waals surface area contributed by atoms with Gasteiger partial charge in [-0.05, 0) is 96.8 Å². The van der Waals surface area contributed by atoms with E-state index in [9.17, 15) is 24.5 Å². The lowest BCUT2D eigenvalue weighted by Gasteiger charge is -2.31. The number of allylic oxidation sites excluding steroid dienone is 12. The molecule has 0 spiro atoms. The third-order valence-corrected chi connectivity index (χ3v) is 13.5. The van der Waals surface area contributed by atoms with Gasteiger partial charge >= 0.3 is 0 Å². The zero-order valence-corrected chi connectivity index (χ0v) is 46.3. The number of hydrogen-bond acceptors (Lipinski definition) is 7. The molecule has 9 nitrogen and oxygen atoms in total. The second kappa shape index (κ2) is 49.5. The third-order valence-electron chi connectivity index (χ3n) is 12.6. The SMILES string of the molecule is C/C=C/CC/C=C/CC/C=C/CCCC(O)C(O)C(COP(=O)([O-])OCC[N+](C)(C)C)NC(=O)CCCCCCCCCCCCCCCCCCCC/C=C\C/C=C\C/C=C\CCCCCCC. The van der Waals surface area contributed by atoms with Crippen LogP contribution in [0.5, 0.6) is 0 Å². The molecule has 0 saturated carbocycles. The summed E-state index contributed by atoms with van der Waals surface area (Å²) in [6, 6.07) is -1.10. The second-order valence-corrected chi connectivity index (χ2v) is 21.8. The molecule has 0 radical (unpaired) electrons. The number of aliphatic hydroxyl groups is 2. The number of carbonyl (C=O) groups is 1. The number of quaternary nitrogens is 1. The van der Waals surface area contributed by atoms with Crippen LogP contribution in [0, 0.1) is 0 Å². The summed E-state index contributed by atoms with van der Waals surface area (Å²) in [5.74, 6) is -0.295. The van der Waals surface area contributed by atoms with E-state index in [1.807, 2.05) is 28.1 Å². The molecule has 0 fully saturated rings. The fourth-order valence-electron chi connectivity index (χ4n) is 8.07. The highest BCUT2D eigenvalue weighted by atomic mass is 31.2. The van der Waals surface area contributed by atoms with Crippen LogP contribution in [0.1, 0.15) is 239 Å². The Morgan fingerprint density at radius 1 is 0.551 bits per heavy atom. The molecule has 402 valence electrons. The Labute approximate surface area is 426 Å². The maximum Gasteiger partial charge on any atom is 0.268 e. The number of rotatable bonds is 51. The largest absolute Gasteiger partial charge is 0.756 e. The lowest BCUT2D eigenvalue weighted by Crippen LogP contribution is -2.51. The smallest absolute Gasteiger partial charge is 0.268 e. The van der Waals surface area contributed by atoms with Crippen LogP contribution in [0.3, 0.4) is 0 Å². The Bertz CT molecular complexity index is 1370. The predicted molar refractivity (Wildman–Crippen MR) is 294 cm³/mol. The molecule has 0 aliphatic carbocycles. The van der Waals surface area contributed by atoms with Crippen molar-refractivity contribution in [2.24, 2.45) is 0 Å². The molecule has 0 aromatic carbocycles. The molecule has 0 aromatic rings. The second-order valence-electron chi connectivity index (χ2n) is 20.4. The van der Waals surface area contributed by atoms with E-state index in [2.05, 4.69) is 85.2 Å². The van der Waals surface area contributed by atoms with Gasteiger partial charge in [0, 0.05) is 6.42 Å². The summed E-state index contributed by atoms with van der Waals surface area (Å²) in [4.78, 5) is 25.5. The van der Waals surface area contributed by atoms with Crippen LogP contribution in [-0.4, -0.2) is 79.8 Å². The van der Waals surface area contributed by atoms with Gasteiger partial charge in [-0.1, -0.05) is 208 Å². The fraction of sp³-hybridized carbons (Fsp3) is 0.780. The van der Waals surface area contributed by atoms with Crippen molar-refractivity contribution in [1.29, 1.82) is 0 Å². The Balaban J connectivity index is 4.11. The first-order valence-electron chi connectivity index (χ1n) is 28.3. The van der Waals surface area contributed by atoms with Crippen LogP contribution >= 0.6 is 7.82 Å². The number of phosphoric acid groups is 1. The minimum atomic E-state index is -4.69. The first-order chi connectivity index (χ1) is 33.4. The molecule has 0 heterocycles. The van der Waals surface area contributed by atoms with Gasteiger partial charge in [0.05, 0.1) is 39.9 Å². The molecule has 3 N–H and O–H groups in total. The molecule has 4 atom stereocenters. The molecule has 69 heavy (non-hydrogen) atoms. The lowest BCUT2D eigenvalue weighted by molar-refractivity contribution is -0.870. The number of unbranched alkanes of at least 4 members (excludes halogenated alkanes) is 26. The summed E-state index contributed by atoms with van der Waals surface area (Å²) in [6.45, 7) is 4.18. The van der Waals surface area contributed by atoms with E-state index < -0.39 is 32.7 Å². The number of carbonyl (C=O) groups excluding carboxylic acids is 1. The predicted octanol–water partition coefficient (Wildman–Crippen LogP) is 15.4. The van der Waals surface area contributed by atoms with Crippen molar-refractivity contribution in [3.8, 4) is 0 Å². The van der Waals surface area contributed by atoms with Crippen molar-refractivity contribution in [3.63, 3.8) is 0 Å². The van der Waals surface area contributed by atoms with Crippen LogP contribution in [0.25, 0.3) is 0 Å². The van der Waals surface area contributed by atoms with Gasteiger partial charge in [-0.2, -0.15) is 0 Å². The minimum Gasteiger partial charge on any atom is -0.756 e. The molecule has 0 aliphatic rings. The van der Waals surface area contributed by atoms with Gasteiger partial charge in [-0.15, -0.1) is 0 Å². The van der Waals surface area contributed by atoms with Crippen LogP contribution in [-0.2, 0) is 18.4 Å². The van der Waals surface area contributed by atoms with Gasteiger partial charge < -0.3 is 34.0 Å². The highest BCUT2D eigenvalue weighted by molar-refractivity contribution is 7.45. The summed E-state index contributed by atoms with van der Waals surface area (Å²) < 4.78 is 23.2. The zero-order chi connectivity index (χ0) is 50.8. The van der Waals surface area contributed by atoms with Crippen LogP contribution < -0.4 is 10.2 Å². The molecule has 1 amide bonds. The Morgan fingerprint density at radius 2 is 0.942 bits per heavy atom. The number of phosphoric ester groups is 1. The van der Waals surface area contributed by atoms with Gasteiger partial charge in [-0.25, -0.2) is 0 Å².